The molecule has 1 aliphatic carbocycles. The zero-order valence-corrected chi connectivity index (χ0v) is 8.38. The molecule has 0 radical (unpaired) electrons. The molecule has 0 amide bonds. The lowest BCUT2D eigenvalue weighted by Gasteiger charge is -2.09. The fourth-order valence-electron chi connectivity index (χ4n) is 1.17. The van der Waals surface area contributed by atoms with Gasteiger partial charge in [-0.1, -0.05) is 0 Å². The average molecular weight is 209 g/mol. The molecule has 1 heterocycles. The number of nitrogens with zero attached hydrogens (tertiary/aromatic N) is 1. The maximum atomic E-state index is 8.95. The summed E-state index contributed by atoms with van der Waals surface area (Å²) in [5.41, 5.74) is 0.287. The molecule has 6 heteroatoms. The molecule has 15 heavy (non-hydrogen) atoms. The molecule has 0 saturated heterocycles. The van der Waals surface area contributed by atoms with E-state index in [9.17, 15) is 0 Å². The van der Waals surface area contributed by atoms with E-state index in [1.165, 1.54) is 19.4 Å². The van der Waals surface area contributed by atoms with Crippen molar-refractivity contribution in [2.24, 2.45) is 0 Å². The van der Waals surface area contributed by atoms with Crippen molar-refractivity contribution in [2.45, 2.75) is 18.9 Å². The highest BCUT2D eigenvalue weighted by molar-refractivity contribution is 6.58. The minimum atomic E-state index is -1.54. The molecule has 80 valence electrons. The molecular formula is C9H12BNO4. The van der Waals surface area contributed by atoms with Gasteiger partial charge in [-0.2, -0.15) is 0 Å². The molecule has 0 bridgehead atoms. The van der Waals surface area contributed by atoms with Crippen LogP contribution in [0.5, 0.6) is 11.6 Å². The molecule has 5 nitrogen and oxygen atoms in total. The highest BCUT2D eigenvalue weighted by Gasteiger charge is 2.26. The number of hydrogen-bond acceptors (Lipinski definition) is 5. The Balaban J connectivity index is 2.21. The third-order valence-electron chi connectivity index (χ3n) is 2.16. The van der Waals surface area contributed by atoms with Crippen LogP contribution in [-0.2, 0) is 0 Å². The maximum absolute atomic E-state index is 8.95. The molecule has 2 N–H and O–H groups in total. The van der Waals surface area contributed by atoms with Crippen LogP contribution in [0, 0.1) is 0 Å². The van der Waals surface area contributed by atoms with Crippen LogP contribution in [-0.4, -0.2) is 35.4 Å². The summed E-state index contributed by atoms with van der Waals surface area (Å²) in [6.07, 6.45) is 3.67. The molecule has 1 aromatic heterocycles. The smallest absolute Gasteiger partial charge is 0.490 e. The molecule has 0 spiro atoms. The minimum absolute atomic E-state index is 0.233. The summed E-state index contributed by atoms with van der Waals surface area (Å²) >= 11 is 0. The Morgan fingerprint density at radius 2 is 2.20 bits per heavy atom. The Labute approximate surface area is 87.8 Å². The number of hydrogen-bond donors (Lipinski definition) is 2. The van der Waals surface area contributed by atoms with Crippen LogP contribution in [0.3, 0.4) is 0 Å². The van der Waals surface area contributed by atoms with E-state index in [1.54, 1.807) is 0 Å². The summed E-state index contributed by atoms with van der Waals surface area (Å²) in [5, 5.41) is 17.9. The van der Waals surface area contributed by atoms with Crippen LogP contribution in [0.25, 0.3) is 0 Å². The predicted octanol–water partition coefficient (Wildman–Crippen LogP) is -0.689. The zero-order chi connectivity index (χ0) is 10.8. The van der Waals surface area contributed by atoms with Crippen LogP contribution >= 0.6 is 0 Å². The third kappa shape index (κ3) is 2.40. The lowest BCUT2D eigenvalue weighted by molar-refractivity contribution is 0.270. The van der Waals surface area contributed by atoms with Crippen LogP contribution in [0.15, 0.2) is 12.3 Å². The van der Waals surface area contributed by atoms with Gasteiger partial charge in [0.15, 0.2) is 5.75 Å². The van der Waals surface area contributed by atoms with E-state index in [-0.39, 0.29) is 11.6 Å². The van der Waals surface area contributed by atoms with Gasteiger partial charge in [0.2, 0.25) is 0 Å². The fraction of sp³-hybridized carbons (Fsp3) is 0.444. The molecular weight excluding hydrogens is 197 g/mol. The third-order valence-corrected chi connectivity index (χ3v) is 2.16. The van der Waals surface area contributed by atoms with Crippen molar-refractivity contribution in [3.63, 3.8) is 0 Å². The Hall–Kier alpha value is -1.27. The van der Waals surface area contributed by atoms with Gasteiger partial charge in [0, 0.05) is 11.7 Å². The van der Waals surface area contributed by atoms with Crippen LogP contribution in [0.4, 0.5) is 0 Å². The first-order valence-corrected chi connectivity index (χ1v) is 4.77. The second kappa shape index (κ2) is 4.08. The normalized spacial score (nSPS) is 14.9. The highest BCUT2D eigenvalue weighted by atomic mass is 16.5. The number of methoxy groups -OCH3 is 1. The van der Waals surface area contributed by atoms with Crippen molar-refractivity contribution in [3.05, 3.63) is 12.3 Å². The Morgan fingerprint density at radius 1 is 1.47 bits per heavy atom. The topological polar surface area (TPSA) is 71.8 Å². The van der Waals surface area contributed by atoms with E-state index in [0.29, 0.717) is 11.6 Å². The molecule has 0 aromatic carbocycles. The fourth-order valence-corrected chi connectivity index (χ4v) is 1.17. The van der Waals surface area contributed by atoms with Gasteiger partial charge in [0.1, 0.15) is 6.10 Å². The number of pyridine rings is 1. The Morgan fingerprint density at radius 3 is 2.73 bits per heavy atom. The predicted molar refractivity (Wildman–Crippen MR) is 54.3 cm³/mol. The summed E-state index contributed by atoms with van der Waals surface area (Å²) in [4.78, 5) is 3.98. The van der Waals surface area contributed by atoms with Gasteiger partial charge in [-0.25, -0.2) is 4.98 Å². The first-order valence-electron chi connectivity index (χ1n) is 4.77. The molecule has 1 saturated carbocycles. The largest absolute Gasteiger partial charge is 0.491 e. The van der Waals surface area contributed by atoms with Crippen molar-refractivity contribution >= 4 is 12.6 Å². The van der Waals surface area contributed by atoms with Gasteiger partial charge < -0.3 is 19.5 Å². The molecule has 1 fully saturated rings. The van der Waals surface area contributed by atoms with Gasteiger partial charge in [-0.05, 0) is 18.9 Å². The van der Waals surface area contributed by atoms with Gasteiger partial charge >= 0.3 is 7.12 Å². The molecule has 0 unspecified atom stereocenters. The van der Waals surface area contributed by atoms with Gasteiger partial charge in [-0.15, -0.1) is 0 Å². The molecule has 2 rings (SSSR count). The summed E-state index contributed by atoms with van der Waals surface area (Å²) < 4.78 is 10.5. The van der Waals surface area contributed by atoms with Crippen molar-refractivity contribution in [1.82, 2.24) is 4.98 Å². The van der Waals surface area contributed by atoms with Crippen molar-refractivity contribution in [2.75, 3.05) is 7.11 Å². The first kappa shape index (κ1) is 10.3. The van der Waals surface area contributed by atoms with Crippen LogP contribution < -0.4 is 14.9 Å². The number of rotatable bonds is 4. The average Bonchev–Trinajstić information content (AvgIpc) is 3.02. The first-order chi connectivity index (χ1) is 7.20. The quantitative estimate of drug-likeness (QED) is 0.642. The SMILES string of the molecule is COc1cc(B(O)O)cnc1OC1CC1. The number of aromatic nitrogens is 1. The van der Waals surface area contributed by atoms with E-state index in [0.717, 1.165) is 12.8 Å². The molecule has 0 atom stereocenters. The van der Waals surface area contributed by atoms with Gasteiger partial charge in [0.25, 0.3) is 5.88 Å². The molecule has 1 aromatic rings. The van der Waals surface area contributed by atoms with E-state index in [4.69, 9.17) is 19.5 Å². The molecule has 0 aliphatic heterocycles. The molecule has 1 aliphatic rings. The van der Waals surface area contributed by atoms with Crippen LogP contribution in [0.2, 0.25) is 0 Å². The summed E-state index contributed by atoms with van der Waals surface area (Å²) in [6, 6.07) is 1.51. The monoisotopic (exact) mass is 209 g/mol. The summed E-state index contributed by atoms with van der Waals surface area (Å²) in [5.74, 6) is 0.830. The van der Waals surface area contributed by atoms with Gasteiger partial charge in [-0.3, -0.25) is 0 Å². The van der Waals surface area contributed by atoms with E-state index in [2.05, 4.69) is 4.98 Å². The zero-order valence-electron chi connectivity index (χ0n) is 8.38. The lowest BCUT2D eigenvalue weighted by atomic mass is 9.82. The summed E-state index contributed by atoms with van der Waals surface area (Å²) in [7, 11) is -0.0500. The Kier molecular flexibility index (Phi) is 2.79. The maximum Gasteiger partial charge on any atom is 0.490 e. The standard InChI is InChI=1S/C9H12BNO4/c1-14-8-4-6(10(12)13)5-11-9(8)15-7-2-3-7/h4-5,7,12-13H,2-3H2,1H3. The van der Waals surface area contributed by atoms with Crippen molar-refractivity contribution in [3.8, 4) is 11.6 Å². The van der Waals surface area contributed by atoms with Crippen LogP contribution in [0.1, 0.15) is 12.8 Å². The number of ether oxygens (including phenoxy) is 2. The second-order valence-corrected chi connectivity index (χ2v) is 3.47. The van der Waals surface area contributed by atoms with E-state index >= 15 is 0 Å². The van der Waals surface area contributed by atoms with E-state index in [1.807, 2.05) is 0 Å². The minimum Gasteiger partial charge on any atom is -0.491 e. The van der Waals surface area contributed by atoms with Crippen molar-refractivity contribution in [1.29, 1.82) is 0 Å². The van der Waals surface area contributed by atoms with E-state index < -0.39 is 7.12 Å². The highest BCUT2D eigenvalue weighted by Crippen LogP contribution is 2.30. The van der Waals surface area contributed by atoms with Crippen molar-refractivity contribution < 1.29 is 19.5 Å². The van der Waals surface area contributed by atoms with Gasteiger partial charge in [0.05, 0.1) is 7.11 Å². The lowest BCUT2D eigenvalue weighted by Crippen LogP contribution is -2.30. The Bertz CT molecular complexity index is 354. The second-order valence-electron chi connectivity index (χ2n) is 3.47. The summed E-state index contributed by atoms with van der Waals surface area (Å²) in [6.45, 7) is 0.